The normalized spacial score (nSPS) is 47.2. The van der Waals surface area contributed by atoms with Gasteiger partial charge >= 0.3 is 5.97 Å². The maximum Gasteiger partial charge on any atom is 0.306 e. The Bertz CT molecular complexity index is 961. The van der Waals surface area contributed by atoms with E-state index in [-0.39, 0.29) is 18.6 Å². The highest BCUT2D eigenvalue weighted by atomic mass is 35.5. The number of Topliss-reactive ketones (excluding diaryl/α,β-unsaturated/α-hetero) is 1. The topological polar surface area (TPSA) is 101 Å². The van der Waals surface area contributed by atoms with Crippen LogP contribution in [0.5, 0.6) is 0 Å². The standard InChI is InChI=1S/C25H32ClFO6/c1-5-19(30)33-25(20(31)21(26)32)13(2)10-17-16-7-6-14-11-15(28)8-9-22(14,3)24(16,27)18(29)12-23(17,25)4/h8-9,11,13,16-18,21,29,32H,5-7,10,12H2,1-4H3/t13?,16-,17-,18?,21?,22-,23-,24-,25-/m0/s1. The summed E-state index contributed by atoms with van der Waals surface area (Å²) < 4.78 is 23.0. The van der Waals surface area contributed by atoms with E-state index in [2.05, 4.69) is 0 Å². The predicted octanol–water partition coefficient (Wildman–Crippen LogP) is 3.42. The molecule has 0 bridgehead atoms. The number of aliphatic hydroxyl groups excluding tert-OH is 2. The first-order valence-corrected chi connectivity index (χ1v) is 12.1. The minimum atomic E-state index is -2.06. The summed E-state index contributed by atoms with van der Waals surface area (Å²) in [6.45, 7) is 6.82. The van der Waals surface area contributed by atoms with Gasteiger partial charge in [-0.25, -0.2) is 4.39 Å². The average Bonchev–Trinajstić information content (AvgIpc) is 2.96. The molecule has 0 aromatic heterocycles. The van der Waals surface area contributed by atoms with Gasteiger partial charge in [-0.15, -0.1) is 0 Å². The molecule has 4 rings (SSSR count). The molecular weight excluding hydrogens is 451 g/mol. The van der Waals surface area contributed by atoms with Gasteiger partial charge in [0.05, 0.1) is 6.10 Å². The second-order valence-corrected chi connectivity index (χ2v) is 11.1. The second-order valence-electron chi connectivity index (χ2n) is 10.7. The van der Waals surface area contributed by atoms with E-state index in [1.807, 2.05) is 0 Å². The third-order valence-corrected chi connectivity index (χ3v) is 9.53. The number of rotatable bonds is 4. The fourth-order valence-electron chi connectivity index (χ4n) is 7.75. The number of alkyl halides is 2. The van der Waals surface area contributed by atoms with Crippen LogP contribution in [0, 0.1) is 28.6 Å². The van der Waals surface area contributed by atoms with Crippen LogP contribution in [0.15, 0.2) is 23.8 Å². The Morgan fingerprint density at radius 1 is 1.33 bits per heavy atom. The highest BCUT2D eigenvalue weighted by molar-refractivity contribution is 6.31. The van der Waals surface area contributed by atoms with Gasteiger partial charge in [-0.1, -0.05) is 44.0 Å². The summed E-state index contributed by atoms with van der Waals surface area (Å²) in [5, 5.41) is 21.5. The van der Waals surface area contributed by atoms with Gasteiger partial charge in [0.25, 0.3) is 0 Å². The van der Waals surface area contributed by atoms with E-state index in [1.54, 1.807) is 33.8 Å². The van der Waals surface area contributed by atoms with Gasteiger partial charge in [0.1, 0.15) is 0 Å². The molecule has 0 saturated heterocycles. The Hall–Kier alpha value is -1.57. The highest BCUT2D eigenvalue weighted by Gasteiger charge is 2.77. The molecule has 0 aromatic carbocycles. The van der Waals surface area contributed by atoms with Gasteiger partial charge in [-0.2, -0.15) is 0 Å². The number of hydrogen-bond acceptors (Lipinski definition) is 6. The number of carbonyl (C=O) groups is 3. The van der Waals surface area contributed by atoms with Crippen LogP contribution in [-0.2, 0) is 19.1 Å². The van der Waals surface area contributed by atoms with Gasteiger partial charge in [0.2, 0.25) is 5.78 Å². The van der Waals surface area contributed by atoms with Crippen molar-refractivity contribution < 1.29 is 33.7 Å². The first-order valence-electron chi connectivity index (χ1n) is 11.7. The summed E-state index contributed by atoms with van der Waals surface area (Å²) in [5.74, 6) is -3.22. The van der Waals surface area contributed by atoms with E-state index in [0.29, 0.717) is 24.8 Å². The molecule has 4 aliphatic rings. The van der Waals surface area contributed by atoms with Crippen LogP contribution in [0.1, 0.15) is 59.8 Å². The van der Waals surface area contributed by atoms with Crippen molar-refractivity contribution in [3.05, 3.63) is 23.8 Å². The number of allylic oxidation sites excluding steroid dienone is 4. The molecular formula is C25H32ClFO6. The Kier molecular flexibility index (Phi) is 5.74. The molecule has 9 atom stereocenters. The van der Waals surface area contributed by atoms with Crippen molar-refractivity contribution in [1.29, 1.82) is 0 Å². The number of ether oxygens (including phenoxy) is 1. The SMILES string of the molecule is CCC(=O)O[C@]1(C(=O)C(O)Cl)C(C)C[C@H]2[C@@H]3CCC4=CC(=O)C=C[C@]4(C)[C@@]3(F)C(O)C[C@@]21C. The van der Waals surface area contributed by atoms with E-state index in [0.717, 1.165) is 0 Å². The summed E-state index contributed by atoms with van der Waals surface area (Å²) in [5.41, 5.74) is -7.36. The lowest BCUT2D eigenvalue weighted by Gasteiger charge is -2.62. The smallest absolute Gasteiger partial charge is 0.306 e. The molecule has 0 radical (unpaired) electrons. The number of aliphatic hydroxyl groups is 2. The lowest BCUT2D eigenvalue weighted by Crippen LogP contribution is -2.70. The van der Waals surface area contributed by atoms with E-state index in [1.165, 1.54) is 12.2 Å². The Balaban J connectivity index is 1.86. The molecule has 33 heavy (non-hydrogen) atoms. The monoisotopic (exact) mass is 482 g/mol. The average molecular weight is 483 g/mol. The zero-order valence-corrected chi connectivity index (χ0v) is 20.2. The zero-order valence-electron chi connectivity index (χ0n) is 19.4. The Morgan fingerprint density at radius 2 is 2.00 bits per heavy atom. The molecule has 0 aliphatic heterocycles. The van der Waals surface area contributed by atoms with Crippen LogP contribution in [0.25, 0.3) is 0 Å². The largest absolute Gasteiger partial charge is 0.450 e. The summed E-state index contributed by atoms with van der Waals surface area (Å²) in [6, 6.07) is 0. The van der Waals surface area contributed by atoms with Crippen molar-refractivity contribution in [3.8, 4) is 0 Å². The number of halogens is 2. The molecule has 6 nitrogen and oxygen atoms in total. The first kappa shape index (κ1) is 24.6. The summed E-state index contributed by atoms with van der Waals surface area (Å²) in [6.07, 6.45) is 4.03. The maximum absolute atomic E-state index is 17.2. The number of ketones is 2. The summed E-state index contributed by atoms with van der Waals surface area (Å²) in [7, 11) is 0. The van der Waals surface area contributed by atoms with E-state index in [9.17, 15) is 24.6 Å². The van der Waals surface area contributed by atoms with Crippen LogP contribution in [0.4, 0.5) is 4.39 Å². The zero-order chi connectivity index (χ0) is 24.6. The Morgan fingerprint density at radius 3 is 2.61 bits per heavy atom. The molecule has 3 saturated carbocycles. The van der Waals surface area contributed by atoms with Crippen LogP contribution in [-0.4, -0.2) is 50.7 Å². The van der Waals surface area contributed by atoms with Gasteiger partial charge in [0, 0.05) is 29.1 Å². The molecule has 4 aliphatic carbocycles. The fourth-order valence-corrected chi connectivity index (χ4v) is 7.91. The quantitative estimate of drug-likeness (QED) is 0.470. The lowest BCUT2D eigenvalue weighted by molar-refractivity contribution is -0.228. The number of hydrogen-bond donors (Lipinski definition) is 2. The minimum Gasteiger partial charge on any atom is -0.450 e. The third-order valence-electron chi connectivity index (χ3n) is 9.33. The van der Waals surface area contributed by atoms with Gasteiger partial charge in [0.15, 0.2) is 22.6 Å². The molecule has 8 heteroatoms. The number of esters is 1. The molecule has 2 N–H and O–H groups in total. The van der Waals surface area contributed by atoms with Crippen molar-refractivity contribution in [2.45, 2.75) is 82.7 Å². The van der Waals surface area contributed by atoms with Crippen LogP contribution < -0.4 is 0 Å². The minimum absolute atomic E-state index is 0.0188. The van der Waals surface area contributed by atoms with E-state index >= 15 is 4.39 Å². The second kappa shape index (κ2) is 7.72. The van der Waals surface area contributed by atoms with Crippen molar-refractivity contribution in [2.75, 3.05) is 0 Å². The molecule has 0 amide bonds. The van der Waals surface area contributed by atoms with Crippen LogP contribution >= 0.6 is 11.6 Å². The van der Waals surface area contributed by atoms with Crippen molar-refractivity contribution >= 4 is 29.1 Å². The van der Waals surface area contributed by atoms with Gasteiger partial charge < -0.3 is 14.9 Å². The van der Waals surface area contributed by atoms with Crippen LogP contribution in [0.3, 0.4) is 0 Å². The predicted molar refractivity (Wildman–Crippen MR) is 119 cm³/mol. The van der Waals surface area contributed by atoms with Crippen molar-refractivity contribution in [1.82, 2.24) is 0 Å². The van der Waals surface area contributed by atoms with Gasteiger partial charge in [-0.05, 0) is 50.7 Å². The molecule has 182 valence electrons. The first-order chi connectivity index (χ1) is 15.3. The Labute approximate surface area is 198 Å². The van der Waals surface area contributed by atoms with E-state index < -0.39 is 63.3 Å². The van der Waals surface area contributed by atoms with Crippen molar-refractivity contribution in [3.63, 3.8) is 0 Å². The van der Waals surface area contributed by atoms with Gasteiger partial charge in [-0.3, -0.25) is 14.4 Å². The summed E-state index contributed by atoms with van der Waals surface area (Å²) in [4.78, 5) is 37.8. The molecule has 3 unspecified atom stereocenters. The molecule has 0 spiro atoms. The fraction of sp³-hybridized carbons (Fsp3) is 0.720. The summed E-state index contributed by atoms with van der Waals surface area (Å²) >= 11 is 5.84. The number of carbonyl (C=O) groups excluding carboxylic acids is 3. The van der Waals surface area contributed by atoms with E-state index in [4.69, 9.17) is 16.3 Å². The highest BCUT2D eigenvalue weighted by Crippen LogP contribution is 2.71. The third kappa shape index (κ3) is 2.94. The van der Waals surface area contributed by atoms with Crippen molar-refractivity contribution in [2.24, 2.45) is 28.6 Å². The lowest BCUT2D eigenvalue weighted by atomic mass is 9.44. The molecule has 0 heterocycles. The maximum atomic E-state index is 17.2. The molecule has 3 fully saturated rings. The van der Waals surface area contributed by atoms with Crippen LogP contribution in [0.2, 0.25) is 0 Å². The molecule has 0 aromatic rings. The number of fused-ring (bicyclic) bond motifs is 5.